The lowest BCUT2D eigenvalue weighted by Gasteiger charge is -2.31. The third kappa shape index (κ3) is 5.68. The summed E-state index contributed by atoms with van der Waals surface area (Å²) < 4.78 is 0. The third-order valence-corrected chi connectivity index (χ3v) is 5.12. The number of nitrogens with one attached hydrogen (secondary N) is 1. The molecule has 3 rings (SSSR count). The number of nitrogens with zero attached hydrogens (tertiary/aromatic N) is 1. The van der Waals surface area contributed by atoms with Crippen molar-refractivity contribution in [2.24, 2.45) is 5.92 Å². The summed E-state index contributed by atoms with van der Waals surface area (Å²) in [7, 11) is 0. The fraction of sp³-hybridized carbons (Fsp3) is 0.391. The van der Waals surface area contributed by atoms with Crippen LogP contribution < -0.4 is 5.32 Å². The van der Waals surface area contributed by atoms with Gasteiger partial charge in [0.2, 0.25) is 5.91 Å². The molecular weight excluding hydrogens is 336 g/mol. The van der Waals surface area contributed by atoms with E-state index in [2.05, 4.69) is 12.2 Å². The number of likely N-dealkylation sites (tertiary alicyclic amines) is 1. The van der Waals surface area contributed by atoms with Crippen LogP contribution in [0, 0.1) is 5.92 Å². The van der Waals surface area contributed by atoms with E-state index in [0.29, 0.717) is 18.9 Å². The molecule has 142 valence electrons. The second-order valence-electron chi connectivity index (χ2n) is 7.46. The summed E-state index contributed by atoms with van der Waals surface area (Å²) in [5.74, 6) is 0.731. The molecule has 1 N–H and O–H groups in total. The highest BCUT2D eigenvalue weighted by Gasteiger charge is 2.21. The fourth-order valence-corrected chi connectivity index (χ4v) is 3.51. The predicted molar refractivity (Wildman–Crippen MR) is 107 cm³/mol. The minimum absolute atomic E-state index is 0.0429. The number of hydrogen-bond acceptors (Lipinski definition) is 2. The lowest BCUT2D eigenvalue weighted by atomic mass is 9.99. The van der Waals surface area contributed by atoms with Crippen LogP contribution in [-0.4, -0.2) is 29.8 Å². The molecule has 0 radical (unpaired) electrons. The number of piperidine rings is 1. The van der Waals surface area contributed by atoms with E-state index in [-0.39, 0.29) is 11.8 Å². The number of hydrogen-bond donors (Lipinski definition) is 1. The molecule has 0 bridgehead atoms. The standard InChI is InChI=1S/C23H28N2O2/c1-18-6-5-15-25(17-18)23(27)21-12-9-20(10-13-21)16-24-22(26)14-11-19-7-3-2-4-8-19/h2-4,7-10,12-13,18H,5-6,11,14-17H2,1H3,(H,24,26). The van der Waals surface area contributed by atoms with Gasteiger partial charge in [-0.25, -0.2) is 0 Å². The van der Waals surface area contributed by atoms with E-state index in [0.717, 1.165) is 37.1 Å². The molecule has 2 aromatic carbocycles. The molecule has 0 aliphatic carbocycles. The minimum Gasteiger partial charge on any atom is -0.352 e. The van der Waals surface area contributed by atoms with Crippen molar-refractivity contribution < 1.29 is 9.59 Å². The second-order valence-corrected chi connectivity index (χ2v) is 7.46. The number of rotatable bonds is 6. The summed E-state index contributed by atoms with van der Waals surface area (Å²) in [5.41, 5.74) is 2.90. The molecule has 1 fully saturated rings. The van der Waals surface area contributed by atoms with E-state index >= 15 is 0 Å². The Morgan fingerprint density at radius 1 is 1.04 bits per heavy atom. The zero-order chi connectivity index (χ0) is 19.1. The summed E-state index contributed by atoms with van der Waals surface area (Å²) in [6.07, 6.45) is 3.51. The Bertz CT molecular complexity index is 756. The van der Waals surface area contributed by atoms with Gasteiger partial charge in [0, 0.05) is 31.6 Å². The Kier molecular flexibility index (Phi) is 6.64. The maximum absolute atomic E-state index is 12.6. The van der Waals surface area contributed by atoms with Gasteiger partial charge >= 0.3 is 0 Å². The average Bonchev–Trinajstić information content (AvgIpc) is 2.71. The lowest BCUT2D eigenvalue weighted by Crippen LogP contribution is -2.39. The first kappa shape index (κ1) is 19.2. The Labute approximate surface area is 161 Å². The number of aryl methyl sites for hydroxylation is 1. The van der Waals surface area contributed by atoms with Crippen LogP contribution in [0.3, 0.4) is 0 Å². The molecule has 4 heteroatoms. The van der Waals surface area contributed by atoms with Crippen LogP contribution in [0.25, 0.3) is 0 Å². The summed E-state index contributed by atoms with van der Waals surface area (Å²) in [4.78, 5) is 26.6. The van der Waals surface area contributed by atoms with Crippen molar-refractivity contribution in [3.63, 3.8) is 0 Å². The zero-order valence-electron chi connectivity index (χ0n) is 16.0. The number of amides is 2. The maximum Gasteiger partial charge on any atom is 0.253 e. The molecular formula is C23H28N2O2. The third-order valence-electron chi connectivity index (χ3n) is 5.12. The normalized spacial score (nSPS) is 16.8. The highest BCUT2D eigenvalue weighted by Crippen LogP contribution is 2.18. The van der Waals surface area contributed by atoms with Gasteiger partial charge < -0.3 is 10.2 Å². The van der Waals surface area contributed by atoms with E-state index < -0.39 is 0 Å². The SMILES string of the molecule is CC1CCCN(C(=O)c2ccc(CNC(=O)CCc3ccccc3)cc2)C1. The number of carbonyl (C=O) groups excluding carboxylic acids is 2. The van der Waals surface area contributed by atoms with Crippen LogP contribution in [0.2, 0.25) is 0 Å². The largest absolute Gasteiger partial charge is 0.352 e. The average molecular weight is 364 g/mol. The van der Waals surface area contributed by atoms with E-state index in [1.807, 2.05) is 59.5 Å². The van der Waals surface area contributed by atoms with E-state index in [1.165, 1.54) is 12.0 Å². The van der Waals surface area contributed by atoms with Crippen molar-refractivity contribution in [2.45, 2.75) is 39.2 Å². The Hall–Kier alpha value is -2.62. The smallest absolute Gasteiger partial charge is 0.253 e. The highest BCUT2D eigenvalue weighted by molar-refractivity contribution is 5.94. The molecule has 0 saturated carbocycles. The molecule has 4 nitrogen and oxygen atoms in total. The van der Waals surface area contributed by atoms with E-state index in [9.17, 15) is 9.59 Å². The first-order chi connectivity index (χ1) is 13.1. The highest BCUT2D eigenvalue weighted by atomic mass is 16.2. The molecule has 1 atom stereocenters. The molecule has 1 saturated heterocycles. The molecule has 1 aliphatic heterocycles. The molecule has 1 heterocycles. The van der Waals surface area contributed by atoms with Gasteiger partial charge in [-0.2, -0.15) is 0 Å². The van der Waals surface area contributed by atoms with Crippen molar-refractivity contribution in [3.8, 4) is 0 Å². The van der Waals surface area contributed by atoms with Crippen LogP contribution in [0.15, 0.2) is 54.6 Å². The van der Waals surface area contributed by atoms with Gasteiger partial charge in [-0.15, -0.1) is 0 Å². The minimum atomic E-state index is 0.0429. The van der Waals surface area contributed by atoms with Crippen LogP contribution >= 0.6 is 0 Å². The monoisotopic (exact) mass is 364 g/mol. The topological polar surface area (TPSA) is 49.4 Å². The molecule has 0 spiro atoms. The summed E-state index contributed by atoms with van der Waals surface area (Å²) in [6, 6.07) is 17.6. The van der Waals surface area contributed by atoms with Crippen LogP contribution in [0.4, 0.5) is 0 Å². The molecule has 1 aliphatic rings. The lowest BCUT2D eigenvalue weighted by molar-refractivity contribution is -0.121. The predicted octanol–water partition coefficient (Wildman–Crippen LogP) is 3.81. The maximum atomic E-state index is 12.6. The molecule has 0 aromatic heterocycles. The van der Waals surface area contributed by atoms with Gasteiger partial charge in [0.15, 0.2) is 0 Å². The Balaban J connectivity index is 1.46. The van der Waals surface area contributed by atoms with Crippen LogP contribution in [-0.2, 0) is 17.8 Å². The number of carbonyl (C=O) groups is 2. The van der Waals surface area contributed by atoms with Crippen molar-refractivity contribution in [1.29, 1.82) is 0 Å². The summed E-state index contributed by atoms with van der Waals surface area (Å²) >= 11 is 0. The fourth-order valence-electron chi connectivity index (χ4n) is 3.51. The van der Waals surface area contributed by atoms with E-state index in [1.54, 1.807) is 0 Å². The van der Waals surface area contributed by atoms with Crippen molar-refractivity contribution in [1.82, 2.24) is 10.2 Å². The van der Waals surface area contributed by atoms with Gasteiger partial charge in [-0.3, -0.25) is 9.59 Å². The van der Waals surface area contributed by atoms with E-state index in [4.69, 9.17) is 0 Å². The summed E-state index contributed by atoms with van der Waals surface area (Å²) in [5, 5.41) is 2.95. The van der Waals surface area contributed by atoms with Gasteiger partial charge in [-0.05, 0) is 48.4 Å². The Morgan fingerprint density at radius 2 is 1.78 bits per heavy atom. The van der Waals surface area contributed by atoms with Gasteiger partial charge in [0.05, 0.1) is 0 Å². The summed E-state index contributed by atoms with van der Waals surface area (Å²) in [6.45, 7) is 4.38. The van der Waals surface area contributed by atoms with Crippen LogP contribution in [0.1, 0.15) is 47.7 Å². The number of benzene rings is 2. The van der Waals surface area contributed by atoms with Crippen molar-refractivity contribution in [2.75, 3.05) is 13.1 Å². The second kappa shape index (κ2) is 9.36. The van der Waals surface area contributed by atoms with Crippen LogP contribution in [0.5, 0.6) is 0 Å². The van der Waals surface area contributed by atoms with Gasteiger partial charge in [-0.1, -0.05) is 49.4 Å². The first-order valence-electron chi connectivity index (χ1n) is 9.80. The van der Waals surface area contributed by atoms with Crippen molar-refractivity contribution in [3.05, 3.63) is 71.3 Å². The zero-order valence-corrected chi connectivity index (χ0v) is 16.0. The van der Waals surface area contributed by atoms with Crippen molar-refractivity contribution >= 4 is 11.8 Å². The molecule has 2 aromatic rings. The molecule has 27 heavy (non-hydrogen) atoms. The van der Waals surface area contributed by atoms with Gasteiger partial charge in [0.25, 0.3) is 5.91 Å². The van der Waals surface area contributed by atoms with Gasteiger partial charge in [0.1, 0.15) is 0 Å². The quantitative estimate of drug-likeness (QED) is 0.847. The molecule has 1 unspecified atom stereocenters. The first-order valence-corrected chi connectivity index (χ1v) is 9.80. The molecule has 2 amide bonds. The Morgan fingerprint density at radius 3 is 2.48 bits per heavy atom.